The normalized spacial score (nSPS) is 15.9. The van der Waals surface area contributed by atoms with E-state index in [-0.39, 0.29) is 18.7 Å². The standard InChI is InChI=1S/C12H19NO4/c1-12(2,3)17-11(16)13(9-6-7-9)8-4-5-10(14)15/h4-5,9H,6-8H2,1-3H3,(H,14,15)/b5-4+. The maximum atomic E-state index is 11.8. The summed E-state index contributed by atoms with van der Waals surface area (Å²) in [5.41, 5.74) is -0.527. The number of carbonyl (C=O) groups excluding carboxylic acids is 1. The topological polar surface area (TPSA) is 66.8 Å². The summed E-state index contributed by atoms with van der Waals surface area (Å²) in [6.45, 7) is 5.71. The minimum absolute atomic E-state index is 0.197. The van der Waals surface area contributed by atoms with Gasteiger partial charge in [0.05, 0.1) is 0 Å². The van der Waals surface area contributed by atoms with Gasteiger partial charge in [-0.25, -0.2) is 9.59 Å². The van der Waals surface area contributed by atoms with Gasteiger partial charge in [0, 0.05) is 18.7 Å². The molecule has 0 aromatic carbocycles. The van der Waals surface area contributed by atoms with Crippen molar-refractivity contribution in [2.75, 3.05) is 6.54 Å². The van der Waals surface area contributed by atoms with Gasteiger partial charge in [0.25, 0.3) is 0 Å². The number of amides is 1. The molecule has 1 amide bonds. The van der Waals surface area contributed by atoms with E-state index in [4.69, 9.17) is 9.84 Å². The number of carboxylic acid groups (broad SMARTS) is 1. The Morgan fingerprint density at radius 2 is 2.00 bits per heavy atom. The molecule has 17 heavy (non-hydrogen) atoms. The number of aliphatic carboxylic acids is 1. The van der Waals surface area contributed by atoms with Crippen LogP contribution in [0.15, 0.2) is 12.2 Å². The molecule has 1 saturated carbocycles. The molecule has 1 N–H and O–H groups in total. The number of hydrogen-bond donors (Lipinski definition) is 1. The fourth-order valence-electron chi connectivity index (χ4n) is 1.35. The molecular weight excluding hydrogens is 222 g/mol. The first-order valence-electron chi connectivity index (χ1n) is 5.68. The Hall–Kier alpha value is -1.52. The number of rotatable bonds is 4. The lowest BCUT2D eigenvalue weighted by molar-refractivity contribution is -0.131. The molecule has 1 aliphatic rings. The molecule has 1 rings (SSSR count). The van der Waals surface area contributed by atoms with Gasteiger partial charge in [-0.05, 0) is 33.6 Å². The SMILES string of the molecule is CC(C)(C)OC(=O)N(C/C=C/C(=O)O)C1CC1. The lowest BCUT2D eigenvalue weighted by Gasteiger charge is -2.26. The zero-order valence-corrected chi connectivity index (χ0v) is 10.5. The Labute approximate surface area is 101 Å². The van der Waals surface area contributed by atoms with Crippen molar-refractivity contribution in [2.45, 2.75) is 45.3 Å². The van der Waals surface area contributed by atoms with Crippen LogP contribution >= 0.6 is 0 Å². The zero-order valence-electron chi connectivity index (χ0n) is 10.5. The average molecular weight is 241 g/mol. The van der Waals surface area contributed by atoms with Crippen molar-refractivity contribution in [1.29, 1.82) is 0 Å². The van der Waals surface area contributed by atoms with Gasteiger partial charge in [0.1, 0.15) is 5.60 Å². The summed E-state index contributed by atoms with van der Waals surface area (Å²) >= 11 is 0. The Morgan fingerprint density at radius 3 is 2.41 bits per heavy atom. The van der Waals surface area contributed by atoms with E-state index in [1.54, 1.807) is 4.90 Å². The van der Waals surface area contributed by atoms with Crippen LogP contribution in [0.5, 0.6) is 0 Å². The van der Waals surface area contributed by atoms with Crippen molar-refractivity contribution in [3.05, 3.63) is 12.2 Å². The number of nitrogens with zero attached hydrogens (tertiary/aromatic N) is 1. The first kappa shape index (κ1) is 13.5. The minimum Gasteiger partial charge on any atom is -0.478 e. The van der Waals surface area contributed by atoms with E-state index in [1.807, 2.05) is 20.8 Å². The van der Waals surface area contributed by atoms with E-state index in [9.17, 15) is 9.59 Å². The number of carboxylic acids is 1. The van der Waals surface area contributed by atoms with Crippen LogP contribution in [-0.4, -0.2) is 40.3 Å². The predicted octanol–water partition coefficient (Wildman–Crippen LogP) is 2.03. The molecule has 0 aromatic rings. The van der Waals surface area contributed by atoms with Gasteiger partial charge in [-0.3, -0.25) is 0 Å². The summed E-state index contributed by atoms with van der Waals surface area (Å²) in [4.78, 5) is 23.8. The van der Waals surface area contributed by atoms with E-state index in [0.717, 1.165) is 18.9 Å². The molecule has 0 bridgehead atoms. The van der Waals surface area contributed by atoms with Crippen LogP contribution in [0.25, 0.3) is 0 Å². The predicted molar refractivity (Wildman–Crippen MR) is 62.7 cm³/mol. The molecule has 0 atom stereocenters. The lowest BCUT2D eigenvalue weighted by atomic mass is 10.2. The third-order valence-corrected chi connectivity index (χ3v) is 2.18. The molecule has 0 heterocycles. The third kappa shape index (κ3) is 5.38. The van der Waals surface area contributed by atoms with E-state index >= 15 is 0 Å². The first-order valence-corrected chi connectivity index (χ1v) is 5.68. The summed E-state index contributed by atoms with van der Waals surface area (Å²) in [5.74, 6) is -1.01. The monoisotopic (exact) mass is 241 g/mol. The Morgan fingerprint density at radius 1 is 1.41 bits per heavy atom. The van der Waals surface area contributed by atoms with Crippen LogP contribution < -0.4 is 0 Å². The van der Waals surface area contributed by atoms with Crippen molar-refractivity contribution in [3.8, 4) is 0 Å². The summed E-state index contributed by atoms with van der Waals surface area (Å²) in [6.07, 6.45) is 4.04. The number of hydrogen-bond acceptors (Lipinski definition) is 3. The molecule has 0 saturated heterocycles. The van der Waals surface area contributed by atoms with Crippen LogP contribution in [0.1, 0.15) is 33.6 Å². The highest BCUT2D eigenvalue weighted by Gasteiger charge is 2.34. The van der Waals surface area contributed by atoms with E-state index in [0.29, 0.717) is 0 Å². The molecule has 1 aliphatic carbocycles. The van der Waals surface area contributed by atoms with Gasteiger partial charge in [0.2, 0.25) is 0 Å². The van der Waals surface area contributed by atoms with Gasteiger partial charge in [-0.1, -0.05) is 6.08 Å². The minimum atomic E-state index is -1.01. The molecule has 0 aromatic heterocycles. The van der Waals surface area contributed by atoms with Crippen molar-refractivity contribution < 1.29 is 19.4 Å². The molecule has 0 radical (unpaired) electrons. The molecule has 0 aliphatic heterocycles. The second kappa shape index (κ2) is 5.21. The Bertz CT molecular complexity index is 326. The number of ether oxygens (including phenoxy) is 1. The van der Waals surface area contributed by atoms with Crippen molar-refractivity contribution >= 4 is 12.1 Å². The maximum Gasteiger partial charge on any atom is 0.410 e. The second-order valence-electron chi connectivity index (χ2n) is 5.10. The molecule has 0 spiro atoms. The van der Waals surface area contributed by atoms with Gasteiger partial charge >= 0.3 is 12.1 Å². The Balaban J connectivity index is 2.54. The van der Waals surface area contributed by atoms with Crippen LogP contribution in [0.3, 0.4) is 0 Å². The summed E-state index contributed by atoms with van der Waals surface area (Å²) in [7, 11) is 0. The highest BCUT2D eigenvalue weighted by molar-refractivity contribution is 5.79. The van der Waals surface area contributed by atoms with Crippen LogP contribution in [-0.2, 0) is 9.53 Å². The van der Waals surface area contributed by atoms with Gasteiger partial charge in [-0.15, -0.1) is 0 Å². The smallest absolute Gasteiger partial charge is 0.410 e. The first-order chi connectivity index (χ1) is 7.79. The second-order valence-corrected chi connectivity index (χ2v) is 5.10. The molecule has 96 valence electrons. The summed E-state index contributed by atoms with van der Waals surface area (Å²) < 4.78 is 5.26. The molecule has 5 nitrogen and oxygen atoms in total. The van der Waals surface area contributed by atoms with E-state index in [2.05, 4.69) is 0 Å². The largest absolute Gasteiger partial charge is 0.478 e. The molecule has 5 heteroatoms. The van der Waals surface area contributed by atoms with E-state index in [1.165, 1.54) is 6.08 Å². The van der Waals surface area contributed by atoms with Crippen molar-refractivity contribution in [3.63, 3.8) is 0 Å². The summed E-state index contributed by atoms with van der Waals surface area (Å²) in [5, 5.41) is 8.48. The lowest BCUT2D eigenvalue weighted by Crippen LogP contribution is -2.38. The maximum absolute atomic E-state index is 11.8. The van der Waals surface area contributed by atoms with Crippen LogP contribution in [0.4, 0.5) is 4.79 Å². The third-order valence-electron chi connectivity index (χ3n) is 2.18. The highest BCUT2D eigenvalue weighted by atomic mass is 16.6. The highest BCUT2D eigenvalue weighted by Crippen LogP contribution is 2.28. The molecule has 0 unspecified atom stereocenters. The fourth-order valence-corrected chi connectivity index (χ4v) is 1.35. The van der Waals surface area contributed by atoms with Gasteiger partial charge in [-0.2, -0.15) is 0 Å². The van der Waals surface area contributed by atoms with Crippen LogP contribution in [0, 0.1) is 0 Å². The van der Waals surface area contributed by atoms with Crippen molar-refractivity contribution in [1.82, 2.24) is 4.90 Å². The molecule has 1 fully saturated rings. The number of carbonyl (C=O) groups is 2. The van der Waals surface area contributed by atoms with E-state index < -0.39 is 11.6 Å². The molecular formula is C12H19NO4. The van der Waals surface area contributed by atoms with Gasteiger partial charge < -0.3 is 14.7 Å². The zero-order chi connectivity index (χ0) is 13.1. The fraction of sp³-hybridized carbons (Fsp3) is 0.667. The van der Waals surface area contributed by atoms with Crippen molar-refractivity contribution in [2.24, 2.45) is 0 Å². The quantitative estimate of drug-likeness (QED) is 0.765. The van der Waals surface area contributed by atoms with Crippen LogP contribution in [0.2, 0.25) is 0 Å². The summed E-state index contributed by atoms with van der Waals surface area (Å²) in [6, 6.07) is 0.197. The average Bonchev–Trinajstić information content (AvgIpc) is 2.91. The Kier molecular flexibility index (Phi) is 4.15. The van der Waals surface area contributed by atoms with Gasteiger partial charge in [0.15, 0.2) is 0 Å².